The first-order chi connectivity index (χ1) is 8.19. The van der Waals surface area contributed by atoms with Gasteiger partial charge >= 0.3 is 0 Å². The second-order valence-electron chi connectivity index (χ2n) is 3.97. The summed E-state index contributed by atoms with van der Waals surface area (Å²) in [6.45, 7) is 2.14. The van der Waals surface area contributed by atoms with Crippen molar-refractivity contribution in [3.8, 4) is 0 Å². The van der Waals surface area contributed by atoms with Gasteiger partial charge in [-0.05, 0) is 31.7 Å². The van der Waals surface area contributed by atoms with Crippen molar-refractivity contribution in [1.29, 1.82) is 0 Å². The summed E-state index contributed by atoms with van der Waals surface area (Å²) in [7, 11) is 1.96. The highest BCUT2D eigenvalue weighted by molar-refractivity contribution is 7.11. The van der Waals surface area contributed by atoms with E-state index in [4.69, 9.17) is 11.6 Å². The van der Waals surface area contributed by atoms with E-state index in [0.29, 0.717) is 6.04 Å². The smallest absolute Gasteiger partial charge is 0.0972 e. The third-order valence-corrected chi connectivity index (χ3v) is 4.09. The fourth-order valence-corrected chi connectivity index (χ4v) is 2.80. The van der Waals surface area contributed by atoms with Gasteiger partial charge in [-0.3, -0.25) is 0 Å². The summed E-state index contributed by atoms with van der Waals surface area (Å²) in [6.07, 6.45) is 2.80. The van der Waals surface area contributed by atoms with Gasteiger partial charge in [-0.1, -0.05) is 23.7 Å². The van der Waals surface area contributed by atoms with Gasteiger partial charge in [0, 0.05) is 28.6 Å². The second-order valence-corrected chi connectivity index (χ2v) is 5.56. The number of hydrogen-bond acceptors (Lipinski definition) is 3. The summed E-state index contributed by atoms with van der Waals surface area (Å²) in [5.74, 6) is 0. The van der Waals surface area contributed by atoms with Crippen LogP contribution in [0.15, 0.2) is 30.5 Å². The largest absolute Gasteiger partial charge is 0.312 e. The quantitative estimate of drug-likeness (QED) is 0.913. The van der Waals surface area contributed by atoms with E-state index in [1.807, 2.05) is 31.4 Å². The third kappa shape index (κ3) is 3.28. The maximum absolute atomic E-state index is 5.96. The van der Waals surface area contributed by atoms with Gasteiger partial charge in [-0.25, -0.2) is 4.98 Å². The lowest BCUT2D eigenvalue weighted by Crippen LogP contribution is -2.10. The Kier molecular flexibility index (Phi) is 4.15. The Hall–Kier alpha value is -0.900. The van der Waals surface area contributed by atoms with Crippen molar-refractivity contribution in [3.05, 3.63) is 50.9 Å². The van der Waals surface area contributed by atoms with Gasteiger partial charge in [-0.15, -0.1) is 11.3 Å². The first-order valence-electron chi connectivity index (χ1n) is 5.55. The Morgan fingerprint density at radius 1 is 1.47 bits per heavy atom. The number of rotatable bonds is 4. The van der Waals surface area contributed by atoms with Crippen LogP contribution in [-0.4, -0.2) is 12.0 Å². The van der Waals surface area contributed by atoms with Crippen molar-refractivity contribution < 1.29 is 0 Å². The minimum Gasteiger partial charge on any atom is -0.312 e. The molecule has 1 aromatic carbocycles. The van der Waals surface area contributed by atoms with Gasteiger partial charge in [0.15, 0.2) is 0 Å². The second kappa shape index (κ2) is 5.63. The number of aromatic nitrogens is 1. The molecule has 1 heterocycles. The fourth-order valence-electron chi connectivity index (χ4n) is 1.57. The number of nitrogens with one attached hydrogen (secondary N) is 1. The lowest BCUT2D eigenvalue weighted by atomic mass is 10.2. The standard InChI is InChI=1S/C13H15ClN2S/c1-9(15-2)12-8-16-13(17-12)7-10-4-3-5-11(14)6-10/h3-6,8-9,15H,7H2,1-2H3. The van der Waals surface area contributed by atoms with Gasteiger partial charge < -0.3 is 5.32 Å². The SMILES string of the molecule is CNC(C)c1cnc(Cc2cccc(Cl)c2)s1. The molecule has 0 aliphatic heterocycles. The molecule has 0 saturated carbocycles. The number of hydrogen-bond donors (Lipinski definition) is 1. The van der Waals surface area contributed by atoms with Crippen LogP contribution in [0.25, 0.3) is 0 Å². The minimum absolute atomic E-state index is 0.362. The van der Waals surface area contributed by atoms with Gasteiger partial charge in [0.05, 0.1) is 5.01 Å². The van der Waals surface area contributed by atoms with Crippen LogP contribution in [0.3, 0.4) is 0 Å². The van der Waals surface area contributed by atoms with Crippen LogP contribution >= 0.6 is 22.9 Å². The van der Waals surface area contributed by atoms with Crippen molar-refractivity contribution >= 4 is 22.9 Å². The molecule has 1 unspecified atom stereocenters. The summed E-state index contributed by atoms with van der Waals surface area (Å²) < 4.78 is 0. The lowest BCUT2D eigenvalue weighted by Gasteiger charge is -2.04. The number of benzene rings is 1. The molecule has 2 nitrogen and oxygen atoms in total. The van der Waals surface area contributed by atoms with Crippen molar-refractivity contribution in [2.24, 2.45) is 0 Å². The first kappa shape index (κ1) is 12.6. The molecule has 17 heavy (non-hydrogen) atoms. The van der Waals surface area contributed by atoms with Gasteiger partial charge in [0.1, 0.15) is 0 Å². The van der Waals surface area contributed by atoms with Crippen molar-refractivity contribution in [2.75, 3.05) is 7.05 Å². The van der Waals surface area contributed by atoms with Crippen molar-refractivity contribution in [3.63, 3.8) is 0 Å². The highest BCUT2D eigenvalue weighted by atomic mass is 35.5. The Balaban J connectivity index is 2.11. The summed E-state index contributed by atoms with van der Waals surface area (Å²) in [4.78, 5) is 5.71. The monoisotopic (exact) mass is 266 g/mol. The molecular weight excluding hydrogens is 252 g/mol. The van der Waals surface area contributed by atoms with Gasteiger partial charge in [0.2, 0.25) is 0 Å². The third-order valence-electron chi connectivity index (χ3n) is 2.68. The molecule has 0 amide bonds. The Morgan fingerprint density at radius 3 is 3.00 bits per heavy atom. The molecule has 0 saturated heterocycles. The molecule has 0 aliphatic rings. The normalized spacial score (nSPS) is 12.6. The van der Waals surface area contributed by atoms with E-state index in [-0.39, 0.29) is 0 Å². The molecule has 1 atom stereocenters. The zero-order valence-electron chi connectivity index (χ0n) is 9.90. The summed E-state index contributed by atoms with van der Waals surface area (Å²) in [5, 5.41) is 5.13. The van der Waals surface area contributed by atoms with Crippen LogP contribution in [-0.2, 0) is 6.42 Å². The molecule has 2 aromatic rings. The molecule has 1 N–H and O–H groups in total. The average Bonchev–Trinajstić information content (AvgIpc) is 2.76. The topological polar surface area (TPSA) is 24.9 Å². The molecule has 0 aliphatic carbocycles. The Labute approximate surface area is 111 Å². The molecule has 0 radical (unpaired) electrons. The lowest BCUT2D eigenvalue weighted by molar-refractivity contribution is 0.662. The molecule has 90 valence electrons. The number of halogens is 1. The van der Waals surface area contributed by atoms with Crippen LogP contribution in [0.4, 0.5) is 0 Å². The Morgan fingerprint density at radius 2 is 2.29 bits per heavy atom. The number of nitrogens with zero attached hydrogens (tertiary/aromatic N) is 1. The van der Waals surface area contributed by atoms with E-state index in [0.717, 1.165) is 16.5 Å². The molecule has 1 aromatic heterocycles. The van der Waals surface area contributed by atoms with E-state index in [2.05, 4.69) is 23.3 Å². The van der Waals surface area contributed by atoms with E-state index in [9.17, 15) is 0 Å². The molecule has 2 rings (SSSR count). The number of thiazole rings is 1. The van der Waals surface area contributed by atoms with Gasteiger partial charge in [0.25, 0.3) is 0 Å². The van der Waals surface area contributed by atoms with Crippen LogP contribution in [0.2, 0.25) is 5.02 Å². The molecule has 0 bridgehead atoms. The van der Waals surface area contributed by atoms with E-state index in [1.54, 1.807) is 11.3 Å². The van der Waals surface area contributed by atoms with E-state index in [1.165, 1.54) is 10.4 Å². The Bertz CT molecular complexity index is 496. The summed E-state index contributed by atoms with van der Waals surface area (Å²) in [6, 6.07) is 8.29. The predicted molar refractivity (Wildman–Crippen MR) is 73.8 cm³/mol. The molecule has 0 spiro atoms. The van der Waals surface area contributed by atoms with Crippen molar-refractivity contribution in [1.82, 2.24) is 10.3 Å². The molecule has 4 heteroatoms. The highest BCUT2D eigenvalue weighted by Crippen LogP contribution is 2.23. The average molecular weight is 267 g/mol. The van der Waals surface area contributed by atoms with E-state index < -0.39 is 0 Å². The van der Waals surface area contributed by atoms with Crippen LogP contribution < -0.4 is 5.32 Å². The predicted octanol–water partition coefficient (Wildman–Crippen LogP) is 3.67. The van der Waals surface area contributed by atoms with Crippen LogP contribution in [0.5, 0.6) is 0 Å². The zero-order chi connectivity index (χ0) is 12.3. The summed E-state index contributed by atoms with van der Waals surface area (Å²) in [5.41, 5.74) is 1.20. The van der Waals surface area contributed by atoms with Crippen LogP contribution in [0, 0.1) is 0 Å². The highest BCUT2D eigenvalue weighted by Gasteiger charge is 2.08. The first-order valence-corrected chi connectivity index (χ1v) is 6.75. The molecule has 0 fully saturated rings. The van der Waals surface area contributed by atoms with Gasteiger partial charge in [-0.2, -0.15) is 0 Å². The van der Waals surface area contributed by atoms with E-state index >= 15 is 0 Å². The summed E-state index contributed by atoms with van der Waals surface area (Å²) >= 11 is 7.71. The fraction of sp³-hybridized carbons (Fsp3) is 0.308. The van der Waals surface area contributed by atoms with Crippen molar-refractivity contribution in [2.45, 2.75) is 19.4 Å². The maximum Gasteiger partial charge on any atom is 0.0972 e. The zero-order valence-corrected chi connectivity index (χ0v) is 11.5. The van der Waals surface area contributed by atoms with Crippen LogP contribution in [0.1, 0.15) is 28.4 Å². The maximum atomic E-state index is 5.96. The molecular formula is C13H15ClN2S. The minimum atomic E-state index is 0.362.